The van der Waals surface area contributed by atoms with Gasteiger partial charge in [-0.1, -0.05) is 15.9 Å². The third-order valence-corrected chi connectivity index (χ3v) is 4.24. The van der Waals surface area contributed by atoms with Crippen LogP contribution in [-0.2, 0) is 4.74 Å². The van der Waals surface area contributed by atoms with E-state index in [4.69, 9.17) is 9.47 Å². The van der Waals surface area contributed by atoms with Gasteiger partial charge in [0.1, 0.15) is 18.5 Å². The van der Waals surface area contributed by atoms with Gasteiger partial charge in [0, 0.05) is 29.2 Å². The second-order valence-corrected chi connectivity index (χ2v) is 6.67. The molecule has 0 bridgehead atoms. The SMILES string of the molecule is CC(O)c1cc(Br)ccc1OCC1CN(C(C)C)CCO1. The van der Waals surface area contributed by atoms with Gasteiger partial charge in [0.25, 0.3) is 0 Å². The molecule has 2 atom stereocenters. The Labute approximate surface area is 135 Å². The number of rotatable bonds is 5. The first-order valence-electron chi connectivity index (χ1n) is 7.43. The molecule has 0 spiro atoms. The number of aliphatic hydroxyl groups is 1. The molecule has 0 saturated carbocycles. The van der Waals surface area contributed by atoms with Crippen molar-refractivity contribution < 1.29 is 14.6 Å². The number of hydrogen-bond donors (Lipinski definition) is 1. The fourth-order valence-corrected chi connectivity index (χ4v) is 2.85. The van der Waals surface area contributed by atoms with Gasteiger partial charge in [0.15, 0.2) is 0 Å². The van der Waals surface area contributed by atoms with Gasteiger partial charge in [-0.25, -0.2) is 0 Å². The molecule has 2 rings (SSSR count). The van der Waals surface area contributed by atoms with E-state index in [0.29, 0.717) is 12.6 Å². The number of halogens is 1. The lowest BCUT2D eigenvalue weighted by molar-refractivity contribution is -0.0567. The zero-order chi connectivity index (χ0) is 15.4. The molecule has 1 saturated heterocycles. The van der Waals surface area contributed by atoms with Crippen molar-refractivity contribution in [2.24, 2.45) is 0 Å². The Balaban J connectivity index is 1.96. The molecule has 0 aromatic heterocycles. The van der Waals surface area contributed by atoms with E-state index >= 15 is 0 Å². The molecule has 1 heterocycles. The van der Waals surface area contributed by atoms with Gasteiger partial charge in [-0.2, -0.15) is 0 Å². The van der Waals surface area contributed by atoms with Crippen LogP contribution in [0, 0.1) is 0 Å². The molecule has 1 aromatic rings. The predicted octanol–water partition coefficient (Wildman–Crippen LogP) is 2.99. The molecule has 0 radical (unpaired) electrons. The molecule has 0 amide bonds. The van der Waals surface area contributed by atoms with Crippen LogP contribution in [0.15, 0.2) is 22.7 Å². The van der Waals surface area contributed by atoms with Crippen molar-refractivity contribution in [1.29, 1.82) is 0 Å². The highest BCUT2D eigenvalue weighted by Gasteiger charge is 2.23. The Kier molecular flexibility index (Phi) is 6.05. The van der Waals surface area contributed by atoms with Crippen molar-refractivity contribution in [2.45, 2.75) is 39.0 Å². The van der Waals surface area contributed by atoms with Crippen molar-refractivity contribution in [3.63, 3.8) is 0 Å². The molecule has 5 heteroatoms. The third-order valence-electron chi connectivity index (χ3n) is 3.75. The highest BCUT2D eigenvalue weighted by Crippen LogP contribution is 2.28. The monoisotopic (exact) mass is 357 g/mol. The lowest BCUT2D eigenvalue weighted by atomic mass is 10.1. The first-order valence-corrected chi connectivity index (χ1v) is 8.22. The Hall–Kier alpha value is -0.620. The largest absolute Gasteiger partial charge is 0.490 e. The summed E-state index contributed by atoms with van der Waals surface area (Å²) in [7, 11) is 0. The average molecular weight is 358 g/mol. The summed E-state index contributed by atoms with van der Waals surface area (Å²) in [6.07, 6.45) is -0.483. The van der Waals surface area contributed by atoms with Crippen molar-refractivity contribution in [3.05, 3.63) is 28.2 Å². The van der Waals surface area contributed by atoms with Crippen LogP contribution < -0.4 is 4.74 Å². The molecule has 1 aromatic carbocycles. The number of aliphatic hydroxyl groups excluding tert-OH is 1. The van der Waals surface area contributed by atoms with Crippen LogP contribution in [0.4, 0.5) is 0 Å². The van der Waals surface area contributed by atoms with E-state index < -0.39 is 6.10 Å². The van der Waals surface area contributed by atoms with Crippen molar-refractivity contribution in [1.82, 2.24) is 4.90 Å². The maximum absolute atomic E-state index is 9.84. The van der Waals surface area contributed by atoms with Crippen LogP contribution in [0.25, 0.3) is 0 Å². The number of ether oxygens (including phenoxy) is 2. The van der Waals surface area contributed by atoms with Gasteiger partial charge < -0.3 is 14.6 Å². The standard InChI is InChI=1S/C16H24BrNO3/c1-11(2)18-6-7-20-14(9-18)10-21-16-5-4-13(17)8-15(16)12(3)19/h4-5,8,11-12,14,19H,6-7,9-10H2,1-3H3. The van der Waals surface area contributed by atoms with E-state index in [9.17, 15) is 5.11 Å². The third kappa shape index (κ3) is 4.68. The summed E-state index contributed by atoms with van der Waals surface area (Å²) in [5.41, 5.74) is 0.793. The summed E-state index contributed by atoms with van der Waals surface area (Å²) in [6, 6.07) is 6.22. The van der Waals surface area contributed by atoms with Gasteiger partial charge in [-0.15, -0.1) is 0 Å². The highest BCUT2D eigenvalue weighted by molar-refractivity contribution is 9.10. The smallest absolute Gasteiger partial charge is 0.125 e. The summed E-state index contributed by atoms with van der Waals surface area (Å²) in [5.74, 6) is 0.721. The van der Waals surface area contributed by atoms with Gasteiger partial charge in [-0.3, -0.25) is 4.90 Å². The van der Waals surface area contributed by atoms with Gasteiger partial charge in [-0.05, 0) is 39.0 Å². The normalized spacial score (nSPS) is 21.5. The molecule has 2 unspecified atom stereocenters. The number of nitrogens with zero attached hydrogens (tertiary/aromatic N) is 1. The molecule has 21 heavy (non-hydrogen) atoms. The van der Waals surface area contributed by atoms with E-state index in [0.717, 1.165) is 35.5 Å². The maximum Gasteiger partial charge on any atom is 0.125 e. The summed E-state index contributed by atoms with van der Waals surface area (Å²) >= 11 is 3.42. The summed E-state index contributed by atoms with van der Waals surface area (Å²) in [4.78, 5) is 2.40. The lowest BCUT2D eigenvalue weighted by Crippen LogP contribution is -2.47. The Morgan fingerprint density at radius 1 is 1.43 bits per heavy atom. The molecular formula is C16H24BrNO3. The van der Waals surface area contributed by atoms with E-state index in [1.165, 1.54) is 0 Å². The van der Waals surface area contributed by atoms with Gasteiger partial charge >= 0.3 is 0 Å². The van der Waals surface area contributed by atoms with Crippen molar-refractivity contribution in [2.75, 3.05) is 26.3 Å². The van der Waals surface area contributed by atoms with E-state index in [2.05, 4.69) is 34.7 Å². The molecule has 4 nitrogen and oxygen atoms in total. The Morgan fingerprint density at radius 3 is 2.86 bits per heavy atom. The molecule has 1 fully saturated rings. The minimum absolute atomic E-state index is 0.0756. The topological polar surface area (TPSA) is 41.9 Å². The second kappa shape index (κ2) is 7.58. The van der Waals surface area contributed by atoms with Gasteiger partial charge in [0.2, 0.25) is 0 Å². The maximum atomic E-state index is 9.84. The first-order chi connectivity index (χ1) is 9.97. The second-order valence-electron chi connectivity index (χ2n) is 5.75. The van der Waals surface area contributed by atoms with Crippen LogP contribution >= 0.6 is 15.9 Å². The molecule has 0 aliphatic carbocycles. The molecule has 118 valence electrons. The van der Waals surface area contributed by atoms with Crippen LogP contribution in [-0.4, -0.2) is 48.5 Å². The fraction of sp³-hybridized carbons (Fsp3) is 0.625. The van der Waals surface area contributed by atoms with Crippen LogP contribution in [0.3, 0.4) is 0 Å². The minimum Gasteiger partial charge on any atom is -0.490 e. The Bertz CT molecular complexity index is 465. The zero-order valence-corrected chi connectivity index (χ0v) is 14.5. The van der Waals surface area contributed by atoms with Crippen LogP contribution in [0.2, 0.25) is 0 Å². The average Bonchev–Trinajstić information content (AvgIpc) is 2.46. The van der Waals surface area contributed by atoms with Crippen molar-refractivity contribution >= 4 is 15.9 Å². The molecule has 1 N–H and O–H groups in total. The molecule has 1 aliphatic rings. The minimum atomic E-state index is -0.558. The Morgan fingerprint density at radius 2 is 2.19 bits per heavy atom. The number of morpholine rings is 1. The number of hydrogen-bond acceptors (Lipinski definition) is 4. The molecular weight excluding hydrogens is 334 g/mol. The number of benzene rings is 1. The van der Waals surface area contributed by atoms with E-state index in [-0.39, 0.29) is 6.10 Å². The fourth-order valence-electron chi connectivity index (χ4n) is 2.47. The highest BCUT2D eigenvalue weighted by atomic mass is 79.9. The van der Waals surface area contributed by atoms with Crippen LogP contribution in [0.5, 0.6) is 5.75 Å². The zero-order valence-electron chi connectivity index (χ0n) is 12.9. The van der Waals surface area contributed by atoms with E-state index in [1.54, 1.807) is 6.92 Å². The van der Waals surface area contributed by atoms with Crippen LogP contribution in [0.1, 0.15) is 32.4 Å². The molecule has 1 aliphatic heterocycles. The predicted molar refractivity (Wildman–Crippen MR) is 86.7 cm³/mol. The summed E-state index contributed by atoms with van der Waals surface area (Å²) < 4.78 is 12.6. The summed E-state index contributed by atoms with van der Waals surface area (Å²) in [6.45, 7) is 9.25. The first kappa shape index (κ1) is 16.7. The quantitative estimate of drug-likeness (QED) is 0.879. The lowest BCUT2D eigenvalue weighted by Gasteiger charge is -2.35. The summed E-state index contributed by atoms with van der Waals surface area (Å²) in [5, 5.41) is 9.84. The van der Waals surface area contributed by atoms with E-state index in [1.807, 2.05) is 18.2 Å². The van der Waals surface area contributed by atoms with Gasteiger partial charge in [0.05, 0.1) is 12.7 Å². The van der Waals surface area contributed by atoms with Crippen molar-refractivity contribution in [3.8, 4) is 5.75 Å².